The van der Waals surface area contributed by atoms with Crippen molar-refractivity contribution in [3.05, 3.63) is 95.1 Å². The lowest BCUT2D eigenvalue weighted by Gasteiger charge is -2.25. The second kappa shape index (κ2) is 9.16. The molecule has 0 fully saturated rings. The van der Waals surface area contributed by atoms with Gasteiger partial charge in [-0.3, -0.25) is 9.69 Å². The van der Waals surface area contributed by atoms with Gasteiger partial charge in [-0.1, -0.05) is 60.7 Å². The van der Waals surface area contributed by atoms with Gasteiger partial charge >= 0.3 is 12.1 Å². The maximum atomic E-state index is 12.8. The Kier molecular flexibility index (Phi) is 6.13. The zero-order valence-corrected chi connectivity index (χ0v) is 18.1. The zero-order valence-electron chi connectivity index (χ0n) is 18.1. The van der Waals surface area contributed by atoms with E-state index in [1.54, 1.807) is 18.2 Å². The smallest absolute Gasteiger partial charge is 0.410 e. The molecular formula is C26H24N2O5. The lowest BCUT2D eigenvalue weighted by atomic mass is 9.98. The van der Waals surface area contributed by atoms with E-state index in [9.17, 15) is 19.5 Å². The fourth-order valence-corrected chi connectivity index (χ4v) is 4.29. The third-order valence-electron chi connectivity index (χ3n) is 6.02. The van der Waals surface area contributed by atoms with Gasteiger partial charge in [0, 0.05) is 24.9 Å². The van der Waals surface area contributed by atoms with Crippen LogP contribution in [0.1, 0.15) is 33.0 Å². The Morgan fingerprint density at radius 1 is 0.970 bits per heavy atom. The largest absolute Gasteiger partial charge is 0.480 e. The molecular weight excluding hydrogens is 420 g/mol. The number of ether oxygens (including phenoxy) is 1. The van der Waals surface area contributed by atoms with Crippen molar-refractivity contribution < 1.29 is 24.2 Å². The first kappa shape index (κ1) is 22.1. The van der Waals surface area contributed by atoms with Crippen LogP contribution in [-0.2, 0) is 16.0 Å². The summed E-state index contributed by atoms with van der Waals surface area (Å²) >= 11 is 0. The van der Waals surface area contributed by atoms with Gasteiger partial charge in [-0.25, -0.2) is 9.59 Å². The van der Waals surface area contributed by atoms with Gasteiger partial charge in [-0.05, 0) is 39.9 Å². The molecule has 0 bridgehead atoms. The normalized spacial score (nSPS) is 13.0. The maximum absolute atomic E-state index is 12.8. The van der Waals surface area contributed by atoms with Crippen molar-refractivity contribution in [3.63, 3.8) is 0 Å². The summed E-state index contributed by atoms with van der Waals surface area (Å²) in [6.45, 7) is 0.0979. The van der Waals surface area contributed by atoms with Gasteiger partial charge in [0.05, 0.1) is 0 Å². The summed E-state index contributed by atoms with van der Waals surface area (Å²) in [6, 6.07) is 21.2. The van der Waals surface area contributed by atoms with Crippen molar-refractivity contribution in [2.75, 3.05) is 13.7 Å². The number of carbonyl (C=O) groups excluding carboxylic acids is 2. The summed E-state index contributed by atoms with van der Waals surface area (Å²) in [4.78, 5) is 37.2. The van der Waals surface area contributed by atoms with Crippen LogP contribution in [0.2, 0.25) is 0 Å². The van der Waals surface area contributed by atoms with Crippen LogP contribution in [0.25, 0.3) is 11.1 Å². The highest BCUT2D eigenvalue weighted by molar-refractivity contribution is 5.93. The summed E-state index contributed by atoms with van der Waals surface area (Å²) in [6.07, 6.45) is -0.715. The molecule has 0 aromatic heterocycles. The molecule has 2 amide bonds. The number of hydrogen-bond donors (Lipinski definition) is 2. The highest BCUT2D eigenvalue weighted by atomic mass is 16.6. The molecule has 0 saturated carbocycles. The van der Waals surface area contributed by atoms with Gasteiger partial charge in [0.1, 0.15) is 12.6 Å². The van der Waals surface area contributed by atoms with Crippen LogP contribution in [0.3, 0.4) is 0 Å². The Morgan fingerprint density at radius 3 is 2.15 bits per heavy atom. The van der Waals surface area contributed by atoms with Crippen LogP contribution in [-0.4, -0.2) is 47.7 Å². The molecule has 4 rings (SSSR count). The fraction of sp³-hybridized carbons (Fsp3) is 0.192. The van der Waals surface area contributed by atoms with Gasteiger partial charge in [0.25, 0.3) is 0 Å². The van der Waals surface area contributed by atoms with Crippen LogP contribution >= 0.6 is 0 Å². The van der Waals surface area contributed by atoms with E-state index in [1.165, 1.54) is 13.1 Å². The highest BCUT2D eigenvalue weighted by Crippen LogP contribution is 2.44. The molecule has 0 radical (unpaired) electrons. The molecule has 7 heteroatoms. The first-order valence-corrected chi connectivity index (χ1v) is 10.6. The second-order valence-electron chi connectivity index (χ2n) is 8.04. The summed E-state index contributed by atoms with van der Waals surface area (Å²) < 4.78 is 5.58. The molecule has 1 aliphatic rings. The van der Waals surface area contributed by atoms with Crippen molar-refractivity contribution in [1.82, 2.24) is 4.90 Å². The lowest BCUT2D eigenvalue weighted by molar-refractivity contribution is -0.142. The monoisotopic (exact) mass is 444 g/mol. The fourth-order valence-electron chi connectivity index (χ4n) is 4.29. The predicted octanol–water partition coefficient (Wildman–Crippen LogP) is 3.66. The number of aliphatic carboxylic acids is 1. The number of rotatable bonds is 7. The molecule has 168 valence electrons. The maximum Gasteiger partial charge on any atom is 0.410 e. The first-order chi connectivity index (χ1) is 15.9. The number of nitrogens with zero attached hydrogens (tertiary/aromatic N) is 1. The van der Waals surface area contributed by atoms with Crippen LogP contribution in [0.5, 0.6) is 0 Å². The average Bonchev–Trinajstić information content (AvgIpc) is 3.14. The van der Waals surface area contributed by atoms with Crippen LogP contribution < -0.4 is 5.73 Å². The topological polar surface area (TPSA) is 110 Å². The first-order valence-electron chi connectivity index (χ1n) is 10.6. The zero-order chi connectivity index (χ0) is 23.5. The van der Waals surface area contributed by atoms with Crippen molar-refractivity contribution in [2.24, 2.45) is 5.73 Å². The Hall–Kier alpha value is -4.13. The quantitative estimate of drug-likeness (QED) is 0.578. The van der Waals surface area contributed by atoms with Gasteiger partial charge in [-0.2, -0.15) is 0 Å². The number of carbonyl (C=O) groups is 3. The van der Waals surface area contributed by atoms with E-state index in [0.29, 0.717) is 5.56 Å². The van der Waals surface area contributed by atoms with Crippen LogP contribution in [0, 0.1) is 0 Å². The SMILES string of the molecule is CN(C(=O)OCC1c2ccccc2-c2ccccc21)C(Cc1cccc(C(N)=O)c1)C(=O)O. The Bertz CT molecular complexity index is 1180. The molecule has 0 aliphatic heterocycles. The molecule has 7 nitrogen and oxygen atoms in total. The van der Waals surface area contributed by atoms with E-state index in [4.69, 9.17) is 10.5 Å². The number of hydrogen-bond acceptors (Lipinski definition) is 4. The molecule has 3 aromatic carbocycles. The Morgan fingerprint density at radius 2 is 1.58 bits per heavy atom. The third kappa shape index (κ3) is 4.43. The molecule has 0 spiro atoms. The van der Waals surface area contributed by atoms with E-state index in [2.05, 4.69) is 0 Å². The number of benzene rings is 3. The number of carboxylic acid groups (broad SMARTS) is 1. The van der Waals surface area contributed by atoms with Crippen molar-refractivity contribution in [2.45, 2.75) is 18.4 Å². The van der Waals surface area contributed by atoms with E-state index >= 15 is 0 Å². The van der Waals surface area contributed by atoms with Crippen molar-refractivity contribution in [1.29, 1.82) is 0 Å². The Labute approximate surface area is 191 Å². The number of amides is 2. The summed E-state index contributed by atoms with van der Waals surface area (Å²) in [7, 11) is 1.40. The van der Waals surface area contributed by atoms with Gasteiger partial charge in [0.15, 0.2) is 0 Å². The lowest BCUT2D eigenvalue weighted by Crippen LogP contribution is -2.44. The van der Waals surface area contributed by atoms with Crippen LogP contribution in [0.4, 0.5) is 4.79 Å². The minimum Gasteiger partial charge on any atom is -0.480 e. The van der Waals surface area contributed by atoms with Crippen molar-refractivity contribution in [3.8, 4) is 11.1 Å². The van der Waals surface area contributed by atoms with Gasteiger partial charge < -0.3 is 15.6 Å². The molecule has 0 heterocycles. The molecule has 33 heavy (non-hydrogen) atoms. The highest BCUT2D eigenvalue weighted by Gasteiger charge is 2.32. The number of fused-ring (bicyclic) bond motifs is 3. The third-order valence-corrected chi connectivity index (χ3v) is 6.02. The molecule has 3 aromatic rings. The molecule has 0 saturated heterocycles. The molecule has 1 atom stereocenters. The standard InChI is InChI=1S/C26H24N2O5/c1-28(23(25(30)31)14-16-7-6-8-17(13-16)24(27)29)26(32)33-15-22-20-11-4-2-9-18(20)19-10-3-5-12-21(19)22/h2-13,22-23H,14-15H2,1H3,(H2,27,29)(H,30,31). The summed E-state index contributed by atoms with van der Waals surface area (Å²) in [5.74, 6) is -1.89. The van der Waals surface area contributed by atoms with Gasteiger partial charge in [-0.15, -0.1) is 0 Å². The predicted molar refractivity (Wildman–Crippen MR) is 123 cm³/mol. The Balaban J connectivity index is 1.48. The van der Waals surface area contributed by atoms with E-state index in [-0.39, 0.29) is 24.5 Å². The minimum absolute atomic E-state index is 0.0111. The second-order valence-corrected chi connectivity index (χ2v) is 8.04. The van der Waals surface area contributed by atoms with E-state index in [1.807, 2.05) is 48.5 Å². The number of nitrogens with two attached hydrogens (primary N) is 1. The molecule has 1 unspecified atom stereocenters. The number of carboxylic acids is 1. The number of primary amides is 1. The summed E-state index contributed by atoms with van der Waals surface area (Å²) in [5.41, 5.74) is 10.5. The average molecular weight is 444 g/mol. The van der Waals surface area contributed by atoms with Gasteiger partial charge in [0.2, 0.25) is 5.91 Å². The number of likely N-dealkylation sites (N-methyl/N-ethyl adjacent to an activating group) is 1. The van der Waals surface area contributed by atoms with Crippen LogP contribution in [0.15, 0.2) is 72.8 Å². The summed E-state index contributed by atoms with van der Waals surface area (Å²) in [5, 5.41) is 9.73. The molecule has 1 aliphatic carbocycles. The van der Waals surface area contributed by atoms with E-state index < -0.39 is 24.0 Å². The van der Waals surface area contributed by atoms with Crippen molar-refractivity contribution >= 4 is 18.0 Å². The van der Waals surface area contributed by atoms with E-state index in [0.717, 1.165) is 27.2 Å². The molecule has 3 N–H and O–H groups in total. The minimum atomic E-state index is -1.17.